The molecule has 3 aromatic heterocycles. The van der Waals surface area contributed by atoms with Gasteiger partial charge in [-0.3, -0.25) is 4.98 Å². The first kappa shape index (κ1) is 15.3. The maximum absolute atomic E-state index is 5.35. The molecule has 1 aliphatic rings. The molecule has 0 fully saturated rings. The lowest BCUT2D eigenvalue weighted by Gasteiger charge is -2.03. The Hall–Kier alpha value is -3.28. The molecule has 0 bridgehead atoms. The van der Waals surface area contributed by atoms with Gasteiger partial charge in [-0.25, -0.2) is 0 Å². The summed E-state index contributed by atoms with van der Waals surface area (Å²) in [6.45, 7) is 0.693. The monoisotopic (exact) mass is 331 g/mol. The predicted molar refractivity (Wildman–Crippen MR) is 94.6 cm³/mol. The van der Waals surface area contributed by atoms with E-state index >= 15 is 0 Å². The summed E-state index contributed by atoms with van der Waals surface area (Å²) in [6, 6.07) is 7.75. The average molecular weight is 331 g/mol. The van der Waals surface area contributed by atoms with Crippen LogP contribution in [0.15, 0.2) is 72.8 Å². The standard InChI is InChI=1S/C19H17N5O/c1-2-12-25-13-3-5-15(4-1)14-19-22-21-18-7-6-17(23-24(18)19)16-8-10-20-11-9-16/h1,3-11,13H,2,12,14H2/b4-1+,13-3?,15-5?. The average Bonchev–Trinajstić information content (AvgIpc) is 3.11. The number of nitrogens with zero attached hydrogens (tertiary/aromatic N) is 5. The topological polar surface area (TPSA) is 65.2 Å². The molecule has 0 N–H and O–H groups in total. The van der Waals surface area contributed by atoms with E-state index in [9.17, 15) is 0 Å². The predicted octanol–water partition coefficient (Wildman–Crippen LogP) is 3.15. The number of fused-ring (bicyclic) bond motifs is 1. The summed E-state index contributed by atoms with van der Waals surface area (Å²) >= 11 is 0. The summed E-state index contributed by atoms with van der Waals surface area (Å²) < 4.78 is 7.15. The van der Waals surface area contributed by atoms with Crippen LogP contribution in [0.2, 0.25) is 0 Å². The van der Waals surface area contributed by atoms with E-state index in [1.54, 1.807) is 23.2 Å². The van der Waals surface area contributed by atoms with E-state index < -0.39 is 0 Å². The second-order valence-corrected chi connectivity index (χ2v) is 5.65. The van der Waals surface area contributed by atoms with Crippen LogP contribution in [0.5, 0.6) is 0 Å². The minimum Gasteiger partial charge on any atom is -0.501 e. The van der Waals surface area contributed by atoms with Crippen molar-refractivity contribution < 1.29 is 4.74 Å². The number of pyridine rings is 1. The summed E-state index contributed by atoms with van der Waals surface area (Å²) in [5.74, 6) is 0.801. The van der Waals surface area contributed by atoms with Crippen LogP contribution in [-0.4, -0.2) is 31.4 Å². The molecule has 0 radical (unpaired) electrons. The van der Waals surface area contributed by atoms with Crippen molar-refractivity contribution in [3.8, 4) is 11.3 Å². The third-order valence-corrected chi connectivity index (χ3v) is 3.89. The fourth-order valence-electron chi connectivity index (χ4n) is 2.63. The van der Waals surface area contributed by atoms with Gasteiger partial charge in [-0.05, 0) is 42.3 Å². The van der Waals surface area contributed by atoms with Crippen LogP contribution in [0.1, 0.15) is 12.2 Å². The first-order chi connectivity index (χ1) is 12.4. The minimum absolute atomic E-state index is 0.648. The van der Waals surface area contributed by atoms with E-state index in [0.29, 0.717) is 13.0 Å². The Balaban J connectivity index is 1.69. The highest BCUT2D eigenvalue weighted by molar-refractivity contribution is 5.59. The van der Waals surface area contributed by atoms with Crippen LogP contribution in [0, 0.1) is 0 Å². The van der Waals surface area contributed by atoms with Gasteiger partial charge in [0.2, 0.25) is 0 Å². The fourth-order valence-corrected chi connectivity index (χ4v) is 2.63. The maximum Gasteiger partial charge on any atom is 0.177 e. The number of allylic oxidation sites excluding steroid dienone is 4. The van der Waals surface area contributed by atoms with Gasteiger partial charge in [-0.15, -0.1) is 10.2 Å². The summed E-state index contributed by atoms with van der Waals surface area (Å²) in [6.07, 6.45) is 14.9. The molecule has 0 saturated carbocycles. The van der Waals surface area contributed by atoms with Gasteiger partial charge in [0.15, 0.2) is 11.5 Å². The van der Waals surface area contributed by atoms with Crippen molar-refractivity contribution in [1.29, 1.82) is 0 Å². The second-order valence-electron chi connectivity index (χ2n) is 5.65. The largest absolute Gasteiger partial charge is 0.501 e. The third kappa shape index (κ3) is 3.47. The van der Waals surface area contributed by atoms with Gasteiger partial charge in [0, 0.05) is 24.4 Å². The van der Waals surface area contributed by atoms with Crippen molar-refractivity contribution in [1.82, 2.24) is 24.8 Å². The minimum atomic E-state index is 0.648. The van der Waals surface area contributed by atoms with Gasteiger partial charge in [-0.2, -0.15) is 9.61 Å². The third-order valence-electron chi connectivity index (χ3n) is 3.89. The zero-order valence-electron chi connectivity index (χ0n) is 13.6. The van der Waals surface area contributed by atoms with Crippen LogP contribution in [0.3, 0.4) is 0 Å². The fraction of sp³-hybridized carbons (Fsp3) is 0.158. The Bertz CT molecular complexity index is 956. The molecule has 124 valence electrons. The van der Waals surface area contributed by atoms with Crippen molar-refractivity contribution in [2.75, 3.05) is 6.61 Å². The lowest BCUT2D eigenvalue weighted by molar-refractivity contribution is 0.256. The molecule has 0 aromatic carbocycles. The van der Waals surface area contributed by atoms with Crippen molar-refractivity contribution in [3.63, 3.8) is 0 Å². The van der Waals surface area contributed by atoms with Crippen molar-refractivity contribution >= 4 is 5.65 Å². The molecule has 1 aliphatic heterocycles. The van der Waals surface area contributed by atoms with Gasteiger partial charge in [0.05, 0.1) is 18.6 Å². The Labute approximate surface area is 145 Å². The number of aromatic nitrogens is 5. The summed E-state index contributed by atoms with van der Waals surface area (Å²) in [7, 11) is 0. The van der Waals surface area contributed by atoms with Gasteiger partial charge in [0.1, 0.15) is 0 Å². The Morgan fingerprint density at radius 2 is 2.00 bits per heavy atom. The van der Waals surface area contributed by atoms with Gasteiger partial charge >= 0.3 is 0 Å². The van der Waals surface area contributed by atoms with Crippen LogP contribution in [-0.2, 0) is 11.2 Å². The molecular weight excluding hydrogens is 314 g/mol. The molecule has 6 heteroatoms. The Morgan fingerprint density at radius 3 is 2.92 bits per heavy atom. The molecular formula is C19H17N5O. The normalized spacial score (nSPS) is 15.8. The summed E-state index contributed by atoms with van der Waals surface area (Å²) in [5, 5.41) is 13.2. The smallest absolute Gasteiger partial charge is 0.177 e. The van der Waals surface area contributed by atoms with Gasteiger partial charge in [-0.1, -0.05) is 18.2 Å². The van der Waals surface area contributed by atoms with Gasteiger partial charge in [0.25, 0.3) is 0 Å². The summed E-state index contributed by atoms with van der Waals surface area (Å²) in [5.41, 5.74) is 3.74. The molecule has 3 aromatic rings. The van der Waals surface area contributed by atoms with Crippen LogP contribution in [0.25, 0.3) is 16.9 Å². The zero-order valence-corrected chi connectivity index (χ0v) is 13.6. The highest BCUT2D eigenvalue weighted by atomic mass is 16.5. The lowest BCUT2D eigenvalue weighted by atomic mass is 10.1. The molecule has 0 saturated heterocycles. The molecule has 4 rings (SSSR count). The number of hydrogen-bond donors (Lipinski definition) is 0. The van der Waals surface area contributed by atoms with E-state index in [1.807, 2.05) is 36.4 Å². The molecule has 0 unspecified atom stereocenters. The van der Waals surface area contributed by atoms with Crippen molar-refractivity contribution in [2.24, 2.45) is 0 Å². The second kappa shape index (κ2) is 7.09. The SMILES string of the molecule is C1=COCC/C=C/C(Cc2nnc3ccc(-c4ccncc4)nn23)=C1. The van der Waals surface area contributed by atoms with Crippen LogP contribution >= 0.6 is 0 Å². The molecule has 0 atom stereocenters. The highest BCUT2D eigenvalue weighted by Crippen LogP contribution is 2.17. The highest BCUT2D eigenvalue weighted by Gasteiger charge is 2.10. The van der Waals surface area contributed by atoms with Gasteiger partial charge < -0.3 is 4.74 Å². The molecule has 4 heterocycles. The van der Waals surface area contributed by atoms with E-state index in [4.69, 9.17) is 9.84 Å². The quantitative estimate of drug-likeness (QED) is 0.737. The van der Waals surface area contributed by atoms with Crippen molar-refractivity contribution in [2.45, 2.75) is 12.8 Å². The lowest BCUT2D eigenvalue weighted by Crippen LogP contribution is -2.01. The van der Waals surface area contributed by atoms with E-state index in [0.717, 1.165) is 34.7 Å². The number of hydrogen-bond acceptors (Lipinski definition) is 5. The molecule has 25 heavy (non-hydrogen) atoms. The summed E-state index contributed by atoms with van der Waals surface area (Å²) in [4.78, 5) is 4.05. The van der Waals surface area contributed by atoms with Crippen LogP contribution < -0.4 is 0 Å². The number of ether oxygens (including phenoxy) is 1. The van der Waals surface area contributed by atoms with E-state index in [2.05, 4.69) is 27.3 Å². The van der Waals surface area contributed by atoms with Crippen molar-refractivity contribution in [3.05, 3.63) is 78.6 Å². The molecule has 0 amide bonds. The zero-order chi connectivity index (χ0) is 16.9. The Morgan fingerprint density at radius 1 is 1.08 bits per heavy atom. The molecule has 0 spiro atoms. The van der Waals surface area contributed by atoms with E-state index in [-0.39, 0.29) is 0 Å². The first-order valence-electron chi connectivity index (χ1n) is 8.16. The molecule has 0 aliphatic carbocycles. The number of rotatable bonds is 3. The van der Waals surface area contributed by atoms with E-state index in [1.165, 1.54) is 0 Å². The maximum atomic E-state index is 5.35. The van der Waals surface area contributed by atoms with Crippen LogP contribution in [0.4, 0.5) is 0 Å². The first-order valence-corrected chi connectivity index (χ1v) is 8.16. The molecule has 6 nitrogen and oxygen atoms in total. The Kier molecular flexibility index (Phi) is 4.33.